The second-order valence-electron chi connectivity index (χ2n) is 6.46. The smallest absolute Gasteiger partial charge is 0.302 e. The van der Waals surface area contributed by atoms with Crippen LogP contribution in [0.3, 0.4) is 0 Å². The summed E-state index contributed by atoms with van der Waals surface area (Å²) in [5.74, 6) is 0.341. The van der Waals surface area contributed by atoms with Gasteiger partial charge in [0.05, 0.1) is 22.8 Å². The molecule has 0 spiro atoms. The monoisotopic (exact) mass is 418 g/mol. The predicted molar refractivity (Wildman–Crippen MR) is 116 cm³/mol. The molecule has 0 aliphatic heterocycles. The number of benzene rings is 3. The van der Waals surface area contributed by atoms with Gasteiger partial charge in [0.1, 0.15) is 11.0 Å². The maximum absolute atomic E-state index is 11.1. The molecule has 5 rings (SSSR count). The molecule has 0 saturated carbocycles. The third kappa shape index (κ3) is 3.20. The zero-order valence-electron chi connectivity index (χ0n) is 15.7. The Kier molecular flexibility index (Phi) is 4.29. The lowest BCUT2D eigenvalue weighted by Crippen LogP contribution is -1.91. The fourth-order valence-corrected chi connectivity index (χ4v) is 4.09. The van der Waals surface area contributed by atoms with Gasteiger partial charge in [0.15, 0.2) is 16.5 Å². The average molecular weight is 418 g/mol. The summed E-state index contributed by atoms with van der Waals surface area (Å²) in [4.78, 5) is 19.7. The lowest BCUT2D eigenvalue weighted by molar-refractivity contribution is -0.384. The van der Waals surface area contributed by atoms with E-state index in [-0.39, 0.29) is 5.69 Å². The largest absolute Gasteiger partial charge is 0.494 e. The minimum Gasteiger partial charge on any atom is -0.494 e. The van der Waals surface area contributed by atoms with Crippen LogP contribution in [0.25, 0.3) is 32.4 Å². The van der Waals surface area contributed by atoms with Gasteiger partial charge in [-0.1, -0.05) is 47.7 Å². The number of rotatable bonds is 5. The van der Waals surface area contributed by atoms with Gasteiger partial charge in [-0.2, -0.15) is 4.98 Å². The van der Waals surface area contributed by atoms with E-state index in [0.29, 0.717) is 38.2 Å². The molecule has 0 fully saturated rings. The first-order chi connectivity index (χ1) is 14.6. The number of nitrogens with one attached hydrogen (secondary N) is 1. The number of fused-ring (bicyclic) bond motifs is 2. The van der Waals surface area contributed by atoms with Crippen LogP contribution in [0.1, 0.15) is 0 Å². The number of thiazole rings is 1. The molecule has 3 aromatic carbocycles. The van der Waals surface area contributed by atoms with Crippen LogP contribution in [0.5, 0.6) is 5.75 Å². The Bertz CT molecular complexity index is 1390. The van der Waals surface area contributed by atoms with Gasteiger partial charge in [-0.15, -0.1) is 0 Å². The van der Waals surface area contributed by atoms with Crippen molar-refractivity contribution in [3.8, 4) is 16.9 Å². The summed E-state index contributed by atoms with van der Waals surface area (Å²) in [6.45, 7) is 0. The van der Waals surface area contributed by atoms with Crippen molar-refractivity contribution < 1.29 is 14.1 Å². The van der Waals surface area contributed by atoms with Crippen molar-refractivity contribution >= 4 is 49.5 Å². The summed E-state index contributed by atoms with van der Waals surface area (Å²) in [5, 5.41) is 14.7. The van der Waals surface area contributed by atoms with E-state index < -0.39 is 4.92 Å². The summed E-state index contributed by atoms with van der Waals surface area (Å²) in [6.07, 6.45) is 0. The van der Waals surface area contributed by atoms with Crippen LogP contribution in [-0.4, -0.2) is 22.0 Å². The van der Waals surface area contributed by atoms with Crippen molar-refractivity contribution in [2.45, 2.75) is 0 Å². The van der Waals surface area contributed by atoms with Gasteiger partial charge >= 0.3 is 6.01 Å². The molecule has 8 nitrogen and oxygen atoms in total. The van der Waals surface area contributed by atoms with Crippen molar-refractivity contribution in [1.29, 1.82) is 0 Å². The Morgan fingerprint density at radius 1 is 1.07 bits per heavy atom. The molecule has 0 unspecified atom stereocenters. The summed E-state index contributed by atoms with van der Waals surface area (Å²) < 4.78 is 11.7. The summed E-state index contributed by atoms with van der Waals surface area (Å²) in [5.41, 5.74) is 3.99. The van der Waals surface area contributed by atoms with Gasteiger partial charge in [0.2, 0.25) is 0 Å². The van der Waals surface area contributed by atoms with Crippen LogP contribution < -0.4 is 10.1 Å². The number of hydrogen-bond donors (Lipinski definition) is 1. The van der Waals surface area contributed by atoms with Crippen LogP contribution in [0.15, 0.2) is 65.1 Å². The average Bonchev–Trinajstić information content (AvgIpc) is 3.35. The highest BCUT2D eigenvalue weighted by atomic mass is 32.1. The molecule has 0 aliphatic carbocycles. The van der Waals surface area contributed by atoms with E-state index in [1.165, 1.54) is 30.6 Å². The Labute approximate surface area is 173 Å². The number of oxazole rings is 1. The van der Waals surface area contributed by atoms with Crippen molar-refractivity contribution in [2.75, 3.05) is 12.4 Å². The fraction of sp³-hybridized carbons (Fsp3) is 0.0476. The van der Waals surface area contributed by atoms with Gasteiger partial charge < -0.3 is 9.15 Å². The Morgan fingerprint density at radius 2 is 1.90 bits per heavy atom. The highest BCUT2D eigenvalue weighted by Gasteiger charge is 2.17. The van der Waals surface area contributed by atoms with Gasteiger partial charge in [0, 0.05) is 6.07 Å². The zero-order valence-corrected chi connectivity index (χ0v) is 16.5. The van der Waals surface area contributed by atoms with E-state index in [1.807, 2.05) is 48.5 Å². The lowest BCUT2D eigenvalue weighted by atomic mass is 10.1. The summed E-state index contributed by atoms with van der Waals surface area (Å²) in [6, 6.07) is 19.0. The molecule has 1 N–H and O–H groups in total. The number of ether oxygens (including phenoxy) is 1. The Balaban J connectivity index is 1.49. The molecule has 0 bridgehead atoms. The van der Waals surface area contributed by atoms with Crippen LogP contribution in [-0.2, 0) is 0 Å². The van der Waals surface area contributed by atoms with Gasteiger partial charge in [-0.05, 0) is 23.3 Å². The summed E-state index contributed by atoms with van der Waals surface area (Å²) >= 11 is 1.26. The van der Waals surface area contributed by atoms with Crippen molar-refractivity contribution in [2.24, 2.45) is 0 Å². The third-order valence-electron chi connectivity index (χ3n) is 4.58. The molecule has 2 heterocycles. The fourth-order valence-electron chi connectivity index (χ4n) is 3.18. The molecule has 0 saturated heterocycles. The first kappa shape index (κ1) is 18.1. The second kappa shape index (κ2) is 7.12. The number of aromatic nitrogens is 2. The number of nitro benzene ring substituents is 1. The number of hydrogen-bond acceptors (Lipinski definition) is 8. The highest BCUT2D eigenvalue weighted by molar-refractivity contribution is 7.22. The van der Waals surface area contributed by atoms with E-state index in [2.05, 4.69) is 15.3 Å². The van der Waals surface area contributed by atoms with Crippen molar-refractivity contribution in [3.05, 3.63) is 70.8 Å². The predicted octanol–water partition coefficient (Wildman–Crippen LogP) is 5.76. The minimum atomic E-state index is -0.458. The Morgan fingerprint density at radius 3 is 2.67 bits per heavy atom. The first-order valence-corrected chi connectivity index (χ1v) is 9.78. The molecule has 0 amide bonds. The molecule has 5 aromatic rings. The van der Waals surface area contributed by atoms with Crippen molar-refractivity contribution in [1.82, 2.24) is 9.97 Å². The lowest BCUT2D eigenvalue weighted by Gasteiger charge is -1.99. The number of non-ortho nitro benzene ring substituents is 1. The standard InChI is InChI=1S/C21H14N4O4S/c1-28-17-10-14(25(26)27)11-18-19(17)23-21(30-18)24-20-22-15-9-13(7-8-16(15)29-20)12-5-3-2-4-6-12/h2-11H,1H3,(H,22,23,24). The maximum atomic E-state index is 11.1. The van der Waals surface area contributed by atoms with Crippen molar-refractivity contribution in [3.63, 3.8) is 0 Å². The first-order valence-electron chi connectivity index (χ1n) is 8.97. The number of nitrogens with zero attached hydrogens (tertiary/aromatic N) is 3. The summed E-state index contributed by atoms with van der Waals surface area (Å²) in [7, 11) is 1.45. The maximum Gasteiger partial charge on any atom is 0.302 e. The minimum absolute atomic E-state index is 0.0511. The zero-order chi connectivity index (χ0) is 20.7. The molecule has 0 atom stereocenters. The van der Waals surface area contributed by atoms with Crippen LogP contribution in [0, 0.1) is 10.1 Å². The second-order valence-corrected chi connectivity index (χ2v) is 7.49. The molecular weight excluding hydrogens is 404 g/mol. The normalized spacial score (nSPS) is 11.1. The molecule has 0 radical (unpaired) electrons. The van der Waals surface area contributed by atoms with Crippen LogP contribution in [0.4, 0.5) is 16.8 Å². The van der Waals surface area contributed by atoms with E-state index in [0.717, 1.165) is 11.1 Å². The van der Waals surface area contributed by atoms with E-state index >= 15 is 0 Å². The van der Waals surface area contributed by atoms with E-state index in [1.54, 1.807) is 0 Å². The molecule has 148 valence electrons. The Hall–Kier alpha value is -3.98. The molecule has 0 aliphatic rings. The van der Waals surface area contributed by atoms with Crippen LogP contribution >= 0.6 is 11.3 Å². The molecule has 9 heteroatoms. The molecule has 30 heavy (non-hydrogen) atoms. The number of methoxy groups -OCH3 is 1. The molecule has 2 aromatic heterocycles. The highest BCUT2D eigenvalue weighted by Crippen LogP contribution is 2.37. The SMILES string of the molecule is COc1cc([N+](=O)[O-])cc2sc(Nc3nc4cc(-c5ccccc5)ccc4o3)nc12. The van der Waals surface area contributed by atoms with E-state index in [9.17, 15) is 10.1 Å². The topological polar surface area (TPSA) is 103 Å². The van der Waals surface area contributed by atoms with Gasteiger partial charge in [-0.3, -0.25) is 15.4 Å². The van der Waals surface area contributed by atoms with E-state index in [4.69, 9.17) is 9.15 Å². The van der Waals surface area contributed by atoms with Crippen LogP contribution in [0.2, 0.25) is 0 Å². The third-order valence-corrected chi connectivity index (χ3v) is 5.50. The van der Waals surface area contributed by atoms with Gasteiger partial charge in [0.25, 0.3) is 5.69 Å². The number of nitro groups is 1. The quantitative estimate of drug-likeness (QED) is 0.286. The van der Waals surface area contributed by atoms with Gasteiger partial charge in [-0.25, -0.2) is 4.98 Å². The molecular formula is C21H14N4O4S. The number of anilines is 2.